The van der Waals surface area contributed by atoms with E-state index in [0.29, 0.717) is 0 Å². The van der Waals surface area contributed by atoms with Crippen molar-refractivity contribution in [3.05, 3.63) is 30.3 Å². The molecule has 1 aromatic carbocycles. The van der Waals surface area contributed by atoms with Crippen LogP contribution < -0.4 is 173 Å². The van der Waals surface area contributed by atoms with Crippen LogP contribution in [0.4, 0.5) is 0 Å². The predicted octanol–water partition coefficient (Wildman–Crippen LogP) is -10.2. The summed E-state index contributed by atoms with van der Waals surface area (Å²) >= 11 is 0. The van der Waals surface area contributed by atoms with Gasteiger partial charge >= 0.3 is 154 Å². The first-order chi connectivity index (χ1) is 7.23. The summed E-state index contributed by atoms with van der Waals surface area (Å²) in [5.74, 6) is -0.187. The van der Waals surface area contributed by atoms with Crippen LogP contribution in [0, 0.1) is 0 Å². The molecule has 1 aromatic rings. The molecule has 0 aliphatic carbocycles. The number of rotatable bonds is 4. The van der Waals surface area contributed by atoms with Gasteiger partial charge in [-0.2, -0.15) is 0 Å². The number of benzene rings is 1. The molecule has 0 aliphatic rings. The van der Waals surface area contributed by atoms with Crippen LogP contribution in [0.25, 0.3) is 0 Å². The topological polar surface area (TPSA) is 133 Å². The average molecular weight is 382 g/mol. The Morgan fingerprint density at radius 1 is 1.00 bits per heavy atom. The maximum absolute atomic E-state index is 11.1. The summed E-state index contributed by atoms with van der Waals surface area (Å²) in [7, 11) is -10.9. The molecule has 12 heteroatoms. The normalized spacial score (nSPS) is 14.7. The van der Waals surface area contributed by atoms with Crippen LogP contribution in [0.5, 0.6) is 5.75 Å². The van der Waals surface area contributed by atoms with Crippen molar-refractivity contribution in [2.24, 2.45) is 0 Å². The summed E-state index contributed by atoms with van der Waals surface area (Å²) in [6.45, 7) is 0. The minimum Gasteiger partial charge on any atom is -0.809 e. The molecule has 0 heterocycles. The molecule has 7 nitrogen and oxygen atoms in total. The summed E-state index contributed by atoms with van der Waals surface area (Å²) < 4.78 is 25.7. The Bertz CT molecular complexity index is 451. The fourth-order valence-corrected chi connectivity index (χ4v) is 2.89. The van der Waals surface area contributed by atoms with Gasteiger partial charge in [0.05, 0.1) is 0 Å². The fraction of sp³-hybridized carbons (Fsp3) is 0.143. The molecule has 2 atom stereocenters. The molecule has 0 bridgehead atoms. The molecule has 19 heavy (non-hydrogen) atoms. The minimum absolute atomic E-state index is 0. The van der Waals surface area contributed by atoms with Crippen LogP contribution in [0.2, 0.25) is 0 Å². The third-order valence-electron chi connectivity index (χ3n) is 1.54. The third kappa shape index (κ3) is 10.6. The van der Waals surface area contributed by atoms with Crippen molar-refractivity contribution in [2.75, 3.05) is 0 Å². The van der Waals surface area contributed by atoms with E-state index in [1.807, 2.05) is 0 Å². The summed E-state index contributed by atoms with van der Waals surface area (Å²) in [4.78, 5) is 31.8. The first-order valence-electron chi connectivity index (χ1n) is 3.98. The zero-order chi connectivity index (χ0) is 12.4. The van der Waals surface area contributed by atoms with Crippen LogP contribution >= 0.6 is 15.2 Å². The van der Waals surface area contributed by atoms with Crippen LogP contribution in [-0.2, 0) is 9.13 Å². The van der Waals surface area contributed by atoms with Crippen molar-refractivity contribution in [1.29, 1.82) is 0 Å². The SMILES string of the molecule is O=P([O-])([O-])C(O)P(=O)([O-])Oc1ccccc1.[K+].[K+].[K+]. The molecule has 0 saturated carbocycles. The monoisotopic (exact) mass is 382 g/mol. The van der Waals surface area contributed by atoms with Gasteiger partial charge in [-0.05, 0) is 19.7 Å². The van der Waals surface area contributed by atoms with Gasteiger partial charge in [0.15, 0.2) is 5.59 Å². The average Bonchev–Trinajstić information content (AvgIpc) is 2.16. The zero-order valence-electron chi connectivity index (χ0n) is 10.8. The van der Waals surface area contributed by atoms with E-state index < -0.39 is 20.8 Å². The quantitative estimate of drug-likeness (QED) is 0.404. The Balaban J connectivity index is -0.000000853. The Kier molecular flexibility index (Phi) is 18.6. The minimum atomic E-state index is -5.66. The van der Waals surface area contributed by atoms with Crippen molar-refractivity contribution in [3.63, 3.8) is 0 Å². The molecule has 0 saturated heterocycles. The summed E-state index contributed by atoms with van der Waals surface area (Å²) in [5.41, 5.74) is -3.08. The summed E-state index contributed by atoms with van der Waals surface area (Å²) in [5, 5.41) is 8.79. The van der Waals surface area contributed by atoms with E-state index in [0.717, 1.165) is 0 Å². The molecule has 2 unspecified atom stereocenters. The number of hydrogen-bond donors (Lipinski definition) is 1. The fourth-order valence-electron chi connectivity index (χ4n) is 0.849. The van der Waals surface area contributed by atoms with Gasteiger partial charge in [-0.25, -0.2) is 0 Å². The molecule has 0 aromatic heterocycles. The second-order valence-corrected chi connectivity index (χ2v) is 6.56. The van der Waals surface area contributed by atoms with Crippen LogP contribution in [0.15, 0.2) is 30.3 Å². The van der Waals surface area contributed by atoms with Crippen molar-refractivity contribution in [3.8, 4) is 5.75 Å². The summed E-state index contributed by atoms with van der Waals surface area (Å²) in [6.07, 6.45) is 0. The van der Waals surface area contributed by atoms with E-state index in [2.05, 4.69) is 4.52 Å². The Morgan fingerprint density at radius 3 is 1.79 bits per heavy atom. The van der Waals surface area contributed by atoms with E-state index in [4.69, 9.17) is 5.11 Å². The molecule has 0 fully saturated rings. The zero-order valence-corrected chi connectivity index (χ0v) is 21.9. The Hall–Kier alpha value is 4.23. The Morgan fingerprint density at radius 2 is 1.42 bits per heavy atom. The smallest absolute Gasteiger partial charge is 0.809 e. The van der Waals surface area contributed by atoms with E-state index in [9.17, 15) is 23.8 Å². The second-order valence-electron chi connectivity index (χ2n) is 2.83. The molecular formula is C7H7K3O7P2. The van der Waals surface area contributed by atoms with Gasteiger partial charge < -0.3 is 28.9 Å². The van der Waals surface area contributed by atoms with Gasteiger partial charge in [-0.15, -0.1) is 0 Å². The number of para-hydroxylation sites is 1. The van der Waals surface area contributed by atoms with E-state index in [1.54, 1.807) is 6.07 Å². The van der Waals surface area contributed by atoms with Crippen molar-refractivity contribution in [1.82, 2.24) is 0 Å². The molecule has 1 rings (SSSR count). The largest absolute Gasteiger partial charge is 1.00 e. The van der Waals surface area contributed by atoms with Crippen LogP contribution in [0.1, 0.15) is 0 Å². The van der Waals surface area contributed by atoms with E-state index in [-0.39, 0.29) is 160 Å². The maximum atomic E-state index is 11.1. The van der Waals surface area contributed by atoms with Gasteiger partial charge in [0.25, 0.3) is 0 Å². The molecule has 0 spiro atoms. The standard InChI is InChI=1S/C7H10O7P2.3K/c8-7(15(9,10)11)16(12,13)14-6-4-2-1-3-5-6;;;/h1-5,7-8H,(H,12,13)(H2,9,10,11);;;/q;3*+1/p-3. The van der Waals surface area contributed by atoms with Crippen molar-refractivity contribution in [2.45, 2.75) is 5.59 Å². The van der Waals surface area contributed by atoms with Crippen molar-refractivity contribution < 1.29 is 188 Å². The molecular weight excluding hydrogens is 375 g/mol. The van der Waals surface area contributed by atoms with Crippen LogP contribution in [-0.4, -0.2) is 10.7 Å². The van der Waals surface area contributed by atoms with Crippen molar-refractivity contribution >= 4 is 15.2 Å². The van der Waals surface area contributed by atoms with Gasteiger partial charge in [-0.1, -0.05) is 18.2 Å². The van der Waals surface area contributed by atoms with E-state index >= 15 is 0 Å². The summed E-state index contributed by atoms with van der Waals surface area (Å²) in [6, 6.07) is 6.92. The molecule has 0 radical (unpaired) electrons. The molecule has 1 N–H and O–H groups in total. The van der Waals surface area contributed by atoms with Gasteiger partial charge in [0.2, 0.25) is 7.60 Å². The second kappa shape index (κ2) is 12.6. The first-order valence-corrected chi connectivity index (χ1v) is 7.21. The van der Waals surface area contributed by atoms with Gasteiger partial charge in [0, 0.05) is 0 Å². The maximum Gasteiger partial charge on any atom is 1.00 e. The number of aliphatic hydroxyl groups excluding tert-OH is 1. The number of hydrogen-bond acceptors (Lipinski definition) is 7. The Labute approximate surface area is 238 Å². The number of aliphatic hydroxyl groups is 1. The van der Waals surface area contributed by atoms with E-state index in [1.165, 1.54) is 24.3 Å². The van der Waals surface area contributed by atoms with Gasteiger partial charge in [-0.3, -0.25) is 4.57 Å². The molecule has 0 aliphatic heterocycles. The predicted molar refractivity (Wildman–Crippen MR) is 48.3 cm³/mol. The molecule has 90 valence electrons. The van der Waals surface area contributed by atoms with Gasteiger partial charge in [0.1, 0.15) is 5.75 Å². The third-order valence-corrected chi connectivity index (χ3v) is 4.84. The van der Waals surface area contributed by atoms with Crippen LogP contribution in [0.3, 0.4) is 0 Å². The molecule has 0 amide bonds. The first kappa shape index (κ1) is 28.0.